The number of halogens is 10. The van der Waals surface area contributed by atoms with Crippen LogP contribution in [0.1, 0.15) is 18.4 Å². The fourth-order valence-electron chi connectivity index (χ4n) is 2.25. The molecule has 0 radical (unpaired) electrons. The molecule has 3 N–H and O–H groups in total. The number of hydrogen-bond donors (Lipinski definition) is 2. The van der Waals surface area contributed by atoms with Gasteiger partial charge in [-0.05, 0) is 6.92 Å². The Morgan fingerprint density at radius 1 is 1.13 bits per heavy atom. The van der Waals surface area contributed by atoms with Gasteiger partial charge < -0.3 is 10.3 Å². The average molecular weight is 471 g/mol. The Morgan fingerprint density at radius 3 is 2.10 bits per heavy atom. The van der Waals surface area contributed by atoms with Crippen LogP contribution < -0.4 is 11.2 Å². The summed E-state index contributed by atoms with van der Waals surface area (Å²) < 4.78 is 131. The van der Waals surface area contributed by atoms with E-state index in [2.05, 4.69) is 15.3 Å². The molecule has 0 spiro atoms. The van der Waals surface area contributed by atoms with Crippen molar-refractivity contribution in [1.29, 1.82) is 0 Å². The molecule has 0 aliphatic carbocycles. The van der Waals surface area contributed by atoms with Crippen LogP contribution in [0.2, 0.25) is 0 Å². The molecule has 0 fully saturated rings. The molecule has 1 aromatic heterocycles. The number of amides is 1. The van der Waals surface area contributed by atoms with Gasteiger partial charge >= 0.3 is 24.2 Å². The Hall–Kier alpha value is -2.65. The number of rotatable bonds is 8. The fourth-order valence-corrected chi connectivity index (χ4v) is 2.25. The number of allylic oxidation sites excluding steroid dienone is 1. The zero-order valence-electron chi connectivity index (χ0n) is 15.6. The minimum Gasteiger partial charge on any atom is -0.326 e. The van der Waals surface area contributed by atoms with Crippen molar-refractivity contribution in [1.82, 2.24) is 15.0 Å². The van der Waals surface area contributed by atoms with Gasteiger partial charge in [0.25, 0.3) is 0 Å². The highest BCUT2D eigenvalue weighted by Crippen LogP contribution is 2.51. The SMILES string of the molecule is Cc1nc(CN(N)/C=C(\C(C)C(F)(F)C(F)(F)F)C(F)(F)C(F)(F)F)ncc1NC=O. The van der Waals surface area contributed by atoms with Crippen molar-refractivity contribution in [3.63, 3.8) is 0 Å². The number of nitrogens with two attached hydrogens (primary N) is 1. The molecule has 16 heteroatoms. The van der Waals surface area contributed by atoms with E-state index in [1.807, 2.05) is 0 Å². The van der Waals surface area contributed by atoms with Gasteiger partial charge in [-0.1, -0.05) is 6.92 Å². The van der Waals surface area contributed by atoms with Crippen molar-refractivity contribution in [2.75, 3.05) is 5.32 Å². The van der Waals surface area contributed by atoms with Crippen LogP contribution in [-0.4, -0.2) is 45.6 Å². The Bertz CT molecular complexity index is 821. The summed E-state index contributed by atoms with van der Waals surface area (Å²) in [7, 11) is 0. The van der Waals surface area contributed by atoms with Gasteiger partial charge in [0.2, 0.25) is 6.41 Å². The summed E-state index contributed by atoms with van der Waals surface area (Å²) >= 11 is 0. The molecule has 1 unspecified atom stereocenters. The molecular formula is C15H15F10N5O. The first-order valence-electron chi connectivity index (χ1n) is 8.01. The third-order valence-electron chi connectivity index (χ3n) is 3.98. The average Bonchev–Trinajstić information content (AvgIpc) is 2.59. The molecule has 31 heavy (non-hydrogen) atoms. The third kappa shape index (κ3) is 5.74. The molecule has 176 valence electrons. The van der Waals surface area contributed by atoms with Crippen LogP contribution in [0.3, 0.4) is 0 Å². The Balaban J connectivity index is 3.39. The summed E-state index contributed by atoms with van der Waals surface area (Å²) in [6, 6.07) is 0. The lowest BCUT2D eigenvalue weighted by Gasteiger charge is -2.33. The van der Waals surface area contributed by atoms with Crippen LogP contribution in [0.25, 0.3) is 0 Å². The zero-order chi connectivity index (χ0) is 24.4. The van der Waals surface area contributed by atoms with E-state index in [0.717, 1.165) is 6.20 Å². The quantitative estimate of drug-likeness (QED) is 0.260. The number of carbonyl (C=O) groups excluding carboxylic acids is 1. The van der Waals surface area contributed by atoms with E-state index < -0.39 is 42.2 Å². The van der Waals surface area contributed by atoms with Gasteiger partial charge in [-0.2, -0.15) is 43.9 Å². The molecule has 1 heterocycles. The van der Waals surface area contributed by atoms with Crippen LogP contribution >= 0.6 is 0 Å². The summed E-state index contributed by atoms with van der Waals surface area (Å²) in [6.45, 7) is 0.375. The highest BCUT2D eigenvalue weighted by Gasteiger charge is 2.68. The molecule has 1 atom stereocenters. The van der Waals surface area contributed by atoms with Crippen molar-refractivity contribution in [3.05, 3.63) is 29.5 Å². The van der Waals surface area contributed by atoms with Crippen LogP contribution in [0, 0.1) is 12.8 Å². The Morgan fingerprint density at radius 2 is 1.68 bits per heavy atom. The number of hydrazine groups is 1. The van der Waals surface area contributed by atoms with E-state index in [-0.39, 0.29) is 41.7 Å². The number of nitrogens with zero attached hydrogens (tertiary/aromatic N) is 3. The summed E-state index contributed by atoms with van der Waals surface area (Å²) in [5.41, 5.74) is -2.38. The van der Waals surface area contributed by atoms with Crippen LogP contribution in [0.15, 0.2) is 18.0 Å². The van der Waals surface area contributed by atoms with Gasteiger partial charge in [-0.15, -0.1) is 0 Å². The normalized spacial score (nSPS) is 14.9. The number of hydrogen-bond acceptors (Lipinski definition) is 5. The molecule has 0 aliphatic heterocycles. The predicted molar refractivity (Wildman–Crippen MR) is 85.4 cm³/mol. The number of anilines is 1. The van der Waals surface area contributed by atoms with Crippen molar-refractivity contribution in [2.45, 2.75) is 44.6 Å². The summed E-state index contributed by atoms with van der Waals surface area (Å²) in [5, 5.41) is 2.21. The lowest BCUT2D eigenvalue weighted by molar-refractivity contribution is -0.308. The van der Waals surface area contributed by atoms with Gasteiger partial charge in [-0.3, -0.25) is 4.79 Å². The molecule has 0 aromatic carbocycles. The number of carbonyl (C=O) groups is 1. The number of aryl methyl sites for hydroxylation is 1. The summed E-state index contributed by atoms with van der Waals surface area (Å²) in [6.07, 6.45) is -11.9. The van der Waals surface area contributed by atoms with Gasteiger partial charge in [0.15, 0.2) is 0 Å². The van der Waals surface area contributed by atoms with Gasteiger partial charge in [0.1, 0.15) is 5.82 Å². The molecule has 1 aromatic rings. The molecule has 0 bridgehead atoms. The van der Waals surface area contributed by atoms with E-state index >= 15 is 0 Å². The second kappa shape index (κ2) is 8.84. The standard InChI is InChI=1S/C15H15F10N5O/c1-7(12(16,17)14(20,21)22)9(13(18,19)15(23,24)25)4-30(26)5-11-27-3-10(28-6-31)8(2)29-11/h3-4,6-7H,5,26H2,1-2H3,(H,28,31)/b9-4+. The first-order chi connectivity index (χ1) is 13.9. The molecule has 6 nitrogen and oxygen atoms in total. The van der Waals surface area contributed by atoms with Gasteiger partial charge in [0.05, 0.1) is 30.0 Å². The second-order valence-corrected chi connectivity index (χ2v) is 6.22. The van der Waals surface area contributed by atoms with E-state index in [4.69, 9.17) is 5.84 Å². The highest BCUT2D eigenvalue weighted by molar-refractivity contribution is 5.71. The first kappa shape index (κ1) is 26.4. The van der Waals surface area contributed by atoms with Gasteiger partial charge in [-0.25, -0.2) is 15.8 Å². The van der Waals surface area contributed by atoms with Crippen LogP contribution in [-0.2, 0) is 11.3 Å². The van der Waals surface area contributed by atoms with Gasteiger partial charge in [0, 0.05) is 11.8 Å². The van der Waals surface area contributed by atoms with Crippen molar-refractivity contribution < 1.29 is 48.7 Å². The van der Waals surface area contributed by atoms with E-state index in [9.17, 15) is 48.7 Å². The molecule has 1 amide bonds. The number of aromatic nitrogens is 2. The second-order valence-electron chi connectivity index (χ2n) is 6.22. The maximum absolute atomic E-state index is 13.8. The maximum Gasteiger partial charge on any atom is 0.457 e. The first-order valence-corrected chi connectivity index (χ1v) is 8.01. The molecule has 0 saturated heterocycles. The predicted octanol–water partition coefficient (Wildman–Crippen LogP) is 3.94. The maximum atomic E-state index is 13.8. The minimum atomic E-state index is -6.48. The summed E-state index contributed by atoms with van der Waals surface area (Å²) in [5.74, 6) is -10.7. The minimum absolute atomic E-state index is 0.0134. The monoisotopic (exact) mass is 471 g/mol. The third-order valence-corrected chi connectivity index (χ3v) is 3.98. The lowest BCUT2D eigenvalue weighted by Crippen LogP contribution is -2.50. The largest absolute Gasteiger partial charge is 0.457 e. The molecular weight excluding hydrogens is 456 g/mol. The Labute approximate surface area is 168 Å². The number of alkyl halides is 10. The van der Waals surface area contributed by atoms with Crippen molar-refractivity contribution in [3.8, 4) is 0 Å². The van der Waals surface area contributed by atoms with Crippen LogP contribution in [0.5, 0.6) is 0 Å². The molecule has 0 saturated carbocycles. The van der Waals surface area contributed by atoms with E-state index in [1.54, 1.807) is 0 Å². The van der Waals surface area contributed by atoms with Crippen LogP contribution in [0.4, 0.5) is 49.6 Å². The fraction of sp³-hybridized carbons (Fsp3) is 0.533. The topological polar surface area (TPSA) is 84.1 Å². The van der Waals surface area contributed by atoms with Crippen molar-refractivity contribution >= 4 is 12.1 Å². The molecule has 0 aliphatic rings. The highest BCUT2D eigenvalue weighted by atomic mass is 19.4. The van der Waals surface area contributed by atoms with Crippen molar-refractivity contribution in [2.24, 2.45) is 11.8 Å². The summed E-state index contributed by atoms with van der Waals surface area (Å²) in [4.78, 5) is 17.8. The van der Waals surface area contributed by atoms with E-state index in [1.165, 1.54) is 6.92 Å². The molecule has 1 rings (SSSR count). The smallest absolute Gasteiger partial charge is 0.326 e. The lowest BCUT2D eigenvalue weighted by atomic mass is 9.89. The van der Waals surface area contributed by atoms with E-state index in [0.29, 0.717) is 0 Å². The zero-order valence-corrected chi connectivity index (χ0v) is 15.6. The Kier molecular flexibility index (Phi) is 7.52. The number of nitrogens with one attached hydrogen (secondary N) is 1.